The predicted molar refractivity (Wildman–Crippen MR) is 89.8 cm³/mol. The van der Waals surface area contributed by atoms with Gasteiger partial charge >= 0.3 is 6.11 Å². The fraction of sp³-hybridized carbons (Fsp3) is 0.300. The number of hydrogen-bond donors (Lipinski definition) is 0. The number of hydrogen-bond acceptors (Lipinski definition) is 1. The van der Waals surface area contributed by atoms with Crippen LogP contribution in [0, 0.1) is 11.6 Å². The van der Waals surface area contributed by atoms with Crippen LogP contribution in [0.3, 0.4) is 0 Å². The Morgan fingerprint density at radius 3 is 2.16 bits per heavy atom. The number of aryl methyl sites for hydroxylation is 2. The zero-order chi connectivity index (χ0) is 18.3. The molecule has 0 fully saturated rings. The molecule has 0 saturated heterocycles. The Labute approximate surface area is 144 Å². The fourth-order valence-corrected chi connectivity index (χ4v) is 2.36. The summed E-state index contributed by atoms with van der Waals surface area (Å²) in [5.41, 5.74) is 2.32. The predicted octanol–water partition coefficient (Wildman–Crippen LogP) is 6.08. The van der Waals surface area contributed by atoms with Crippen molar-refractivity contribution in [2.45, 2.75) is 38.7 Å². The summed E-state index contributed by atoms with van der Waals surface area (Å²) in [6, 6.07) is 10.4. The van der Waals surface area contributed by atoms with Crippen LogP contribution in [0.5, 0.6) is 5.75 Å². The van der Waals surface area contributed by atoms with Crippen LogP contribution in [-0.4, -0.2) is 6.11 Å². The van der Waals surface area contributed by atoms with Crippen molar-refractivity contribution < 1.29 is 22.3 Å². The lowest BCUT2D eigenvalue weighted by atomic mass is 10.0. The summed E-state index contributed by atoms with van der Waals surface area (Å²) < 4.78 is 57.6. The van der Waals surface area contributed by atoms with Gasteiger partial charge in [-0.05, 0) is 42.5 Å². The van der Waals surface area contributed by atoms with E-state index in [2.05, 4.69) is 11.7 Å². The van der Waals surface area contributed by atoms with Crippen molar-refractivity contribution in [1.82, 2.24) is 0 Å². The molecule has 2 aromatic carbocycles. The molecule has 0 N–H and O–H groups in total. The van der Waals surface area contributed by atoms with Gasteiger partial charge in [0.15, 0.2) is 11.6 Å². The molecule has 0 amide bonds. The molecule has 0 atom stereocenters. The molecule has 2 aromatic rings. The third-order valence-corrected chi connectivity index (χ3v) is 3.62. The minimum atomic E-state index is -3.59. The third-order valence-electron chi connectivity index (χ3n) is 3.62. The Hall–Kier alpha value is -2.30. The molecule has 0 spiro atoms. The number of ether oxygens (including phenoxy) is 1. The third kappa shape index (κ3) is 6.25. The number of rotatable bonds is 8. The molecule has 2 rings (SSSR count). The van der Waals surface area contributed by atoms with Gasteiger partial charge in [-0.2, -0.15) is 8.78 Å². The van der Waals surface area contributed by atoms with Gasteiger partial charge in [0.2, 0.25) is 0 Å². The van der Waals surface area contributed by atoms with Crippen molar-refractivity contribution in [2.24, 2.45) is 0 Å². The zero-order valence-corrected chi connectivity index (χ0v) is 13.9. The van der Waals surface area contributed by atoms with E-state index in [1.807, 2.05) is 24.3 Å². The van der Waals surface area contributed by atoms with Crippen LogP contribution in [0.25, 0.3) is 0 Å². The highest BCUT2D eigenvalue weighted by molar-refractivity contribution is 5.25. The lowest BCUT2D eigenvalue weighted by Gasteiger charge is -2.14. The lowest BCUT2D eigenvalue weighted by molar-refractivity contribution is -0.131. The van der Waals surface area contributed by atoms with Crippen molar-refractivity contribution in [2.75, 3.05) is 0 Å². The summed E-state index contributed by atoms with van der Waals surface area (Å²) in [6.07, 6.45) is 1.51. The summed E-state index contributed by atoms with van der Waals surface area (Å²) in [5, 5.41) is 0. The largest absolute Gasteiger partial charge is 0.429 e. The van der Waals surface area contributed by atoms with E-state index in [-0.39, 0.29) is 0 Å². The second-order valence-corrected chi connectivity index (χ2v) is 5.75. The standard InChI is InChI=1S/C20H20F4O/c1-2-5-15-7-9-16(10-8-15)6-3-4-13-20(23,24)25-17-11-12-18(21)19(22)14-17/h4,7-14H,2-3,5-6H2,1H3. The van der Waals surface area contributed by atoms with E-state index in [1.54, 1.807) is 0 Å². The molecule has 0 aliphatic carbocycles. The quantitative estimate of drug-likeness (QED) is 0.413. The number of allylic oxidation sites excluding steroid dienone is 1. The van der Waals surface area contributed by atoms with Crippen LogP contribution >= 0.6 is 0 Å². The first kappa shape index (κ1) is 19.0. The summed E-state index contributed by atoms with van der Waals surface area (Å²) in [7, 11) is 0. The molecular formula is C20H20F4O. The topological polar surface area (TPSA) is 9.23 Å². The van der Waals surface area contributed by atoms with Crippen LogP contribution < -0.4 is 4.74 Å². The van der Waals surface area contributed by atoms with Gasteiger partial charge in [0.1, 0.15) is 5.75 Å². The van der Waals surface area contributed by atoms with Crippen molar-refractivity contribution in [1.29, 1.82) is 0 Å². The van der Waals surface area contributed by atoms with Crippen LogP contribution in [0.2, 0.25) is 0 Å². The Kier molecular flexibility index (Phi) is 6.62. The van der Waals surface area contributed by atoms with Crippen LogP contribution in [0.1, 0.15) is 30.9 Å². The molecule has 25 heavy (non-hydrogen) atoms. The van der Waals surface area contributed by atoms with E-state index in [0.717, 1.165) is 30.5 Å². The molecule has 0 bridgehead atoms. The summed E-state index contributed by atoms with van der Waals surface area (Å²) in [5.74, 6) is -2.78. The molecule has 1 nitrogen and oxygen atoms in total. The highest BCUT2D eigenvalue weighted by Crippen LogP contribution is 2.24. The highest BCUT2D eigenvalue weighted by atomic mass is 19.3. The summed E-state index contributed by atoms with van der Waals surface area (Å²) in [6.45, 7) is 2.11. The second kappa shape index (κ2) is 8.70. The lowest BCUT2D eigenvalue weighted by Crippen LogP contribution is -2.21. The Morgan fingerprint density at radius 1 is 0.920 bits per heavy atom. The summed E-state index contributed by atoms with van der Waals surface area (Å²) in [4.78, 5) is 0. The first-order chi connectivity index (χ1) is 11.9. The van der Waals surface area contributed by atoms with E-state index in [0.29, 0.717) is 25.0 Å². The highest BCUT2D eigenvalue weighted by Gasteiger charge is 2.27. The molecule has 0 aliphatic rings. The van der Waals surface area contributed by atoms with E-state index in [4.69, 9.17) is 0 Å². The second-order valence-electron chi connectivity index (χ2n) is 5.75. The Balaban J connectivity index is 1.85. The maximum Gasteiger partial charge on any atom is 0.419 e. The van der Waals surface area contributed by atoms with Crippen molar-refractivity contribution in [3.05, 3.63) is 77.4 Å². The van der Waals surface area contributed by atoms with Gasteiger partial charge in [0.25, 0.3) is 0 Å². The maximum absolute atomic E-state index is 13.7. The smallest absolute Gasteiger partial charge is 0.419 e. The van der Waals surface area contributed by atoms with Gasteiger partial charge in [0.05, 0.1) is 0 Å². The molecule has 5 heteroatoms. The van der Waals surface area contributed by atoms with Crippen LogP contribution in [0.15, 0.2) is 54.6 Å². The molecule has 134 valence electrons. The minimum Gasteiger partial charge on any atom is -0.429 e. The van der Waals surface area contributed by atoms with Gasteiger partial charge < -0.3 is 4.74 Å². The van der Waals surface area contributed by atoms with Gasteiger partial charge in [-0.15, -0.1) is 0 Å². The molecule has 0 radical (unpaired) electrons. The van der Waals surface area contributed by atoms with Gasteiger partial charge in [-0.25, -0.2) is 8.78 Å². The molecule has 0 aromatic heterocycles. The molecule has 0 saturated carbocycles. The molecule has 0 aliphatic heterocycles. The van der Waals surface area contributed by atoms with Crippen LogP contribution in [-0.2, 0) is 12.8 Å². The number of halogens is 4. The normalized spacial score (nSPS) is 11.9. The molecule has 0 unspecified atom stereocenters. The van der Waals surface area contributed by atoms with Crippen molar-refractivity contribution in [3.8, 4) is 5.75 Å². The van der Waals surface area contributed by atoms with Crippen molar-refractivity contribution >= 4 is 0 Å². The fourth-order valence-electron chi connectivity index (χ4n) is 2.36. The zero-order valence-electron chi connectivity index (χ0n) is 13.9. The van der Waals surface area contributed by atoms with E-state index >= 15 is 0 Å². The average Bonchev–Trinajstić information content (AvgIpc) is 2.56. The van der Waals surface area contributed by atoms with E-state index < -0.39 is 23.5 Å². The average molecular weight is 352 g/mol. The number of benzene rings is 2. The number of alkyl halides is 2. The maximum atomic E-state index is 13.7. The van der Waals surface area contributed by atoms with E-state index in [9.17, 15) is 17.6 Å². The van der Waals surface area contributed by atoms with Gasteiger partial charge in [-0.1, -0.05) is 43.7 Å². The monoisotopic (exact) mass is 352 g/mol. The minimum absolute atomic E-state index is 0.420. The van der Waals surface area contributed by atoms with E-state index in [1.165, 1.54) is 11.6 Å². The Bertz CT molecular complexity index is 708. The first-order valence-corrected chi connectivity index (χ1v) is 8.17. The van der Waals surface area contributed by atoms with Crippen molar-refractivity contribution in [3.63, 3.8) is 0 Å². The first-order valence-electron chi connectivity index (χ1n) is 8.17. The molecular weight excluding hydrogens is 332 g/mol. The van der Waals surface area contributed by atoms with Gasteiger partial charge in [0, 0.05) is 12.1 Å². The summed E-state index contributed by atoms with van der Waals surface area (Å²) >= 11 is 0. The van der Waals surface area contributed by atoms with Gasteiger partial charge in [-0.3, -0.25) is 0 Å². The Morgan fingerprint density at radius 2 is 1.56 bits per heavy atom. The van der Waals surface area contributed by atoms with Crippen LogP contribution in [0.4, 0.5) is 17.6 Å². The molecule has 0 heterocycles. The SMILES string of the molecule is CCCc1ccc(CCC=CC(F)(F)Oc2ccc(F)c(F)c2)cc1.